The van der Waals surface area contributed by atoms with Gasteiger partial charge in [0.2, 0.25) is 5.82 Å². The van der Waals surface area contributed by atoms with Gasteiger partial charge in [0.1, 0.15) is 6.33 Å². The largest absolute Gasteiger partial charge is 0.242 e. The van der Waals surface area contributed by atoms with Gasteiger partial charge in [-0.15, -0.1) is 0 Å². The van der Waals surface area contributed by atoms with E-state index in [0.29, 0.717) is 5.82 Å². The number of rotatable bonds is 0. The molecule has 0 fully saturated rings. The summed E-state index contributed by atoms with van der Waals surface area (Å²) in [5.41, 5.74) is 0. The summed E-state index contributed by atoms with van der Waals surface area (Å²) in [7, 11) is 1.75. The maximum Gasteiger partial charge on any atom is 0.204 e. The fourth-order valence-electron chi connectivity index (χ4n) is 0.452. The summed E-state index contributed by atoms with van der Waals surface area (Å²) in [6.45, 7) is 0. The molecule has 1 aromatic heterocycles. The molecule has 0 aromatic carbocycles. The minimum absolute atomic E-state index is 0.574. The minimum Gasteiger partial charge on any atom is -0.242 e. The van der Waals surface area contributed by atoms with E-state index >= 15 is 0 Å². The topological polar surface area (TPSA) is 30.7 Å². The highest BCUT2D eigenvalue weighted by molar-refractivity contribution is 6.30. The third-order valence-corrected chi connectivity index (χ3v) is 0.965. The van der Waals surface area contributed by atoms with Crippen LogP contribution >= 0.6 is 11.6 Å². The van der Waals surface area contributed by atoms with Gasteiger partial charge in [-0.05, 0) is 17.5 Å². The summed E-state index contributed by atoms with van der Waals surface area (Å²) >= 11 is 5.12. The Morgan fingerprint density at radius 3 is 3.00 bits per heavy atom. The fraction of sp³-hybridized carbons (Fsp3) is 0.200. The molecule has 0 saturated heterocycles. The van der Waals surface area contributed by atoms with Crippen molar-refractivity contribution in [2.24, 2.45) is 7.05 Å². The van der Waals surface area contributed by atoms with Gasteiger partial charge in [-0.2, -0.15) is 5.10 Å². The van der Waals surface area contributed by atoms with Gasteiger partial charge in [0, 0.05) is 12.4 Å². The summed E-state index contributed by atoms with van der Waals surface area (Å²) in [6, 6.07) is 0. The van der Waals surface area contributed by atoms with E-state index in [1.54, 1.807) is 11.7 Å². The Kier molecular flexibility index (Phi) is 1.71. The van der Waals surface area contributed by atoms with E-state index < -0.39 is 0 Å². The Morgan fingerprint density at radius 1 is 1.78 bits per heavy atom. The molecule has 0 aliphatic carbocycles. The lowest BCUT2D eigenvalue weighted by Gasteiger charge is -1.84. The normalized spacial score (nSPS) is 8.22. The summed E-state index contributed by atoms with van der Waals surface area (Å²) in [4.78, 5) is 3.80. The maximum atomic E-state index is 5.12. The van der Waals surface area contributed by atoms with Crippen molar-refractivity contribution in [3.63, 3.8) is 0 Å². The van der Waals surface area contributed by atoms with Gasteiger partial charge < -0.3 is 0 Å². The van der Waals surface area contributed by atoms with Crippen LogP contribution in [0.5, 0.6) is 0 Å². The highest BCUT2D eigenvalue weighted by atomic mass is 35.5. The van der Waals surface area contributed by atoms with Crippen LogP contribution in [0.2, 0.25) is 0 Å². The first kappa shape index (κ1) is 6.12. The summed E-state index contributed by atoms with van der Waals surface area (Å²) < 4.78 is 1.55. The maximum absolute atomic E-state index is 5.12. The van der Waals surface area contributed by atoms with Crippen molar-refractivity contribution < 1.29 is 0 Å². The van der Waals surface area contributed by atoms with Crippen LogP contribution in [0.15, 0.2) is 6.33 Å². The number of aryl methyl sites for hydroxylation is 1. The van der Waals surface area contributed by atoms with Crippen molar-refractivity contribution in [3.05, 3.63) is 12.2 Å². The molecule has 1 heterocycles. The van der Waals surface area contributed by atoms with E-state index in [4.69, 9.17) is 11.6 Å². The number of hydrogen-bond acceptors (Lipinski definition) is 2. The number of aromatic nitrogens is 3. The zero-order valence-corrected chi connectivity index (χ0v) is 5.55. The first-order chi connectivity index (χ1) is 4.34. The lowest BCUT2D eigenvalue weighted by atomic mass is 10.6. The van der Waals surface area contributed by atoms with E-state index in [-0.39, 0.29) is 0 Å². The highest BCUT2D eigenvalue weighted by Crippen LogP contribution is 1.85. The van der Waals surface area contributed by atoms with Crippen LogP contribution < -0.4 is 0 Å². The molecule has 0 amide bonds. The molecule has 0 saturated carbocycles. The van der Waals surface area contributed by atoms with Crippen LogP contribution in [-0.2, 0) is 7.05 Å². The minimum atomic E-state index is 0.574. The van der Waals surface area contributed by atoms with Gasteiger partial charge in [0.25, 0.3) is 0 Å². The van der Waals surface area contributed by atoms with Gasteiger partial charge >= 0.3 is 0 Å². The average Bonchev–Trinajstić information content (AvgIpc) is 2.18. The summed E-state index contributed by atoms with van der Waals surface area (Å²) in [5.74, 6) is 3.13. The van der Waals surface area contributed by atoms with Crippen LogP contribution in [-0.4, -0.2) is 14.8 Å². The number of hydrogen-bond donors (Lipinski definition) is 0. The van der Waals surface area contributed by atoms with Gasteiger partial charge in [-0.25, -0.2) is 9.67 Å². The third-order valence-electron chi connectivity index (χ3n) is 0.870. The van der Waals surface area contributed by atoms with Crippen LogP contribution in [0.25, 0.3) is 0 Å². The van der Waals surface area contributed by atoms with Crippen LogP contribution in [0, 0.1) is 11.3 Å². The number of halogens is 1. The van der Waals surface area contributed by atoms with Gasteiger partial charge in [-0.3, -0.25) is 0 Å². The van der Waals surface area contributed by atoms with E-state index in [0.717, 1.165) is 0 Å². The second-order valence-electron chi connectivity index (χ2n) is 1.43. The number of nitrogens with zero attached hydrogens (tertiary/aromatic N) is 3. The standard InChI is InChI=1S/C5H4ClN3/c1-9-5(2-3-6)7-4-8-9/h4H,1H3. The Hall–Kier alpha value is -1.01. The molecule has 0 spiro atoms. The first-order valence-electron chi connectivity index (χ1n) is 2.30. The monoisotopic (exact) mass is 141 g/mol. The molecular weight excluding hydrogens is 138 g/mol. The predicted octanol–water partition coefficient (Wildman–Crippen LogP) is 0.363. The zero-order valence-electron chi connectivity index (χ0n) is 4.80. The molecule has 4 heteroatoms. The molecule has 0 radical (unpaired) electrons. The van der Waals surface area contributed by atoms with Crippen molar-refractivity contribution in [1.82, 2.24) is 14.8 Å². The van der Waals surface area contributed by atoms with Crippen molar-refractivity contribution in [2.75, 3.05) is 0 Å². The average molecular weight is 142 g/mol. The molecule has 0 N–H and O–H groups in total. The van der Waals surface area contributed by atoms with E-state index in [2.05, 4.69) is 21.4 Å². The first-order valence-corrected chi connectivity index (χ1v) is 2.68. The van der Waals surface area contributed by atoms with Crippen LogP contribution in [0.3, 0.4) is 0 Å². The molecule has 0 atom stereocenters. The van der Waals surface area contributed by atoms with Gasteiger partial charge in [0.15, 0.2) is 0 Å². The van der Waals surface area contributed by atoms with E-state index in [1.165, 1.54) is 6.33 Å². The smallest absolute Gasteiger partial charge is 0.204 e. The molecule has 1 aromatic rings. The lowest BCUT2D eigenvalue weighted by molar-refractivity contribution is 0.754. The Labute approximate surface area is 57.7 Å². The molecule has 46 valence electrons. The quantitative estimate of drug-likeness (QED) is 0.489. The SMILES string of the molecule is Cn1ncnc1C#CCl. The molecule has 0 aliphatic heterocycles. The Bertz CT molecular complexity index is 255. The predicted molar refractivity (Wildman–Crippen MR) is 33.7 cm³/mol. The summed E-state index contributed by atoms with van der Waals surface area (Å²) in [6.07, 6.45) is 1.43. The molecule has 9 heavy (non-hydrogen) atoms. The van der Waals surface area contributed by atoms with Crippen molar-refractivity contribution in [3.8, 4) is 11.3 Å². The molecule has 1 rings (SSSR count). The van der Waals surface area contributed by atoms with Gasteiger partial charge in [0.05, 0.1) is 0 Å². The van der Waals surface area contributed by atoms with E-state index in [9.17, 15) is 0 Å². The molecule has 3 nitrogen and oxygen atoms in total. The molecule has 0 aliphatic rings. The molecule has 0 bridgehead atoms. The van der Waals surface area contributed by atoms with Crippen molar-refractivity contribution in [1.29, 1.82) is 0 Å². The lowest BCUT2D eigenvalue weighted by Crippen LogP contribution is -1.93. The second kappa shape index (κ2) is 2.51. The summed E-state index contributed by atoms with van der Waals surface area (Å²) in [5, 5.41) is 5.99. The second-order valence-corrected chi connectivity index (χ2v) is 1.62. The molecule has 0 unspecified atom stereocenters. The van der Waals surface area contributed by atoms with E-state index in [1.807, 2.05) is 0 Å². The highest BCUT2D eigenvalue weighted by Gasteiger charge is 1.91. The van der Waals surface area contributed by atoms with Crippen molar-refractivity contribution >= 4 is 11.6 Å². The zero-order chi connectivity index (χ0) is 6.69. The molecular formula is C5H4ClN3. The Morgan fingerprint density at radius 2 is 2.56 bits per heavy atom. The fourth-order valence-corrected chi connectivity index (χ4v) is 0.536. The van der Waals surface area contributed by atoms with Crippen LogP contribution in [0.1, 0.15) is 5.82 Å². The van der Waals surface area contributed by atoms with Gasteiger partial charge in [-0.1, -0.05) is 0 Å². The van der Waals surface area contributed by atoms with Crippen LogP contribution in [0.4, 0.5) is 0 Å². The third kappa shape index (κ3) is 1.21. The Balaban J connectivity index is 3.03. The van der Waals surface area contributed by atoms with Crippen molar-refractivity contribution in [2.45, 2.75) is 0 Å².